The molecule has 0 aliphatic carbocycles. The van der Waals surface area contributed by atoms with Crippen molar-refractivity contribution < 1.29 is 9.18 Å². The van der Waals surface area contributed by atoms with Gasteiger partial charge in [0.25, 0.3) is 5.91 Å². The SMILES string of the molecule is CC(C)c1[nH]nc(C(=O)NCc2cc(Br)ccc2F)c1N. The lowest BCUT2D eigenvalue weighted by Crippen LogP contribution is -2.24. The van der Waals surface area contributed by atoms with Crippen molar-refractivity contribution in [1.29, 1.82) is 0 Å². The zero-order chi connectivity index (χ0) is 15.6. The van der Waals surface area contributed by atoms with Crippen molar-refractivity contribution in [3.8, 4) is 0 Å². The first-order valence-electron chi connectivity index (χ1n) is 6.46. The van der Waals surface area contributed by atoms with Crippen molar-refractivity contribution in [3.05, 3.63) is 45.4 Å². The Morgan fingerprint density at radius 2 is 2.24 bits per heavy atom. The van der Waals surface area contributed by atoms with Gasteiger partial charge in [0.1, 0.15) is 5.82 Å². The monoisotopic (exact) mass is 354 g/mol. The zero-order valence-electron chi connectivity index (χ0n) is 11.7. The van der Waals surface area contributed by atoms with Gasteiger partial charge in [-0.25, -0.2) is 4.39 Å². The summed E-state index contributed by atoms with van der Waals surface area (Å²) in [6, 6.07) is 4.55. The third-order valence-corrected chi connectivity index (χ3v) is 3.57. The third-order valence-electron chi connectivity index (χ3n) is 3.07. The third kappa shape index (κ3) is 3.41. The summed E-state index contributed by atoms with van der Waals surface area (Å²) in [6.07, 6.45) is 0. The number of aromatic nitrogens is 2. The van der Waals surface area contributed by atoms with Crippen molar-refractivity contribution in [1.82, 2.24) is 15.5 Å². The van der Waals surface area contributed by atoms with E-state index >= 15 is 0 Å². The number of aromatic amines is 1. The molecular formula is C14H16BrFN4O. The molecule has 2 rings (SSSR count). The van der Waals surface area contributed by atoms with E-state index in [4.69, 9.17) is 5.73 Å². The number of benzene rings is 1. The Bertz CT molecular complexity index is 669. The zero-order valence-corrected chi connectivity index (χ0v) is 13.3. The topological polar surface area (TPSA) is 83.8 Å². The number of carbonyl (C=O) groups excluding carboxylic acids is 1. The lowest BCUT2D eigenvalue weighted by Gasteiger charge is -2.06. The standard InChI is InChI=1S/C14H16BrFN4O/c1-7(2)12-11(17)13(20-19-12)14(21)18-6-8-5-9(15)3-4-10(8)16/h3-5,7H,6,17H2,1-2H3,(H,18,21)(H,19,20). The number of anilines is 1. The average molecular weight is 355 g/mol. The fourth-order valence-electron chi connectivity index (χ4n) is 1.92. The van der Waals surface area contributed by atoms with Crippen LogP contribution in [0.2, 0.25) is 0 Å². The molecule has 1 aromatic heterocycles. The van der Waals surface area contributed by atoms with Crippen LogP contribution in [-0.2, 0) is 6.54 Å². The number of carbonyl (C=O) groups is 1. The summed E-state index contributed by atoms with van der Waals surface area (Å²) < 4.78 is 14.3. The number of nitrogens with two attached hydrogens (primary N) is 1. The minimum absolute atomic E-state index is 0.0629. The van der Waals surface area contributed by atoms with Crippen molar-refractivity contribution in [2.75, 3.05) is 5.73 Å². The number of rotatable bonds is 4. The van der Waals surface area contributed by atoms with Gasteiger partial charge in [-0.1, -0.05) is 29.8 Å². The van der Waals surface area contributed by atoms with Gasteiger partial charge in [-0.15, -0.1) is 0 Å². The summed E-state index contributed by atoms with van der Waals surface area (Å²) in [5, 5.41) is 9.29. The second-order valence-corrected chi connectivity index (χ2v) is 5.89. The van der Waals surface area contributed by atoms with Gasteiger partial charge in [0.2, 0.25) is 0 Å². The number of nitrogens with one attached hydrogen (secondary N) is 2. The molecule has 112 valence electrons. The second kappa shape index (κ2) is 6.26. The van der Waals surface area contributed by atoms with Gasteiger partial charge in [0, 0.05) is 16.6 Å². The highest BCUT2D eigenvalue weighted by atomic mass is 79.9. The van der Waals surface area contributed by atoms with Crippen LogP contribution in [0.25, 0.3) is 0 Å². The van der Waals surface area contributed by atoms with E-state index in [1.807, 2.05) is 13.8 Å². The Labute approximate surface area is 130 Å². The first-order valence-corrected chi connectivity index (χ1v) is 7.25. The van der Waals surface area contributed by atoms with E-state index in [2.05, 4.69) is 31.4 Å². The van der Waals surface area contributed by atoms with Crippen LogP contribution in [-0.4, -0.2) is 16.1 Å². The lowest BCUT2D eigenvalue weighted by molar-refractivity contribution is 0.0946. The lowest BCUT2D eigenvalue weighted by atomic mass is 10.1. The molecule has 2 aromatic rings. The Morgan fingerprint density at radius 1 is 1.52 bits per heavy atom. The molecule has 4 N–H and O–H groups in total. The molecule has 0 saturated heterocycles. The van der Waals surface area contributed by atoms with E-state index < -0.39 is 5.91 Å². The summed E-state index contributed by atoms with van der Waals surface area (Å²) in [4.78, 5) is 12.1. The fraction of sp³-hybridized carbons (Fsp3) is 0.286. The van der Waals surface area contributed by atoms with Crippen LogP contribution < -0.4 is 11.1 Å². The maximum absolute atomic E-state index is 13.6. The predicted octanol–water partition coefficient (Wildman–Crippen LogP) is 2.95. The van der Waals surface area contributed by atoms with Crippen LogP contribution in [0.15, 0.2) is 22.7 Å². The first kappa shape index (κ1) is 15.5. The highest BCUT2D eigenvalue weighted by molar-refractivity contribution is 9.10. The highest BCUT2D eigenvalue weighted by Gasteiger charge is 2.18. The second-order valence-electron chi connectivity index (χ2n) is 4.97. The Morgan fingerprint density at radius 3 is 2.86 bits per heavy atom. The molecule has 0 aliphatic heterocycles. The van der Waals surface area contributed by atoms with Gasteiger partial charge in [0.15, 0.2) is 5.69 Å². The van der Waals surface area contributed by atoms with Gasteiger partial charge in [-0.05, 0) is 24.1 Å². The molecule has 0 saturated carbocycles. The molecule has 7 heteroatoms. The van der Waals surface area contributed by atoms with Gasteiger partial charge in [0.05, 0.1) is 11.4 Å². The largest absolute Gasteiger partial charge is 0.395 e. The number of nitrogens with zero attached hydrogens (tertiary/aromatic N) is 1. The number of hydrogen-bond donors (Lipinski definition) is 3. The Balaban J connectivity index is 2.10. The van der Waals surface area contributed by atoms with Gasteiger partial charge in [-0.3, -0.25) is 9.89 Å². The summed E-state index contributed by atoms with van der Waals surface area (Å²) in [7, 11) is 0. The van der Waals surface area contributed by atoms with Crippen molar-refractivity contribution in [2.24, 2.45) is 0 Å². The predicted molar refractivity (Wildman–Crippen MR) is 82.4 cm³/mol. The highest BCUT2D eigenvalue weighted by Crippen LogP contribution is 2.22. The average Bonchev–Trinajstić information content (AvgIpc) is 2.81. The Kier molecular flexibility index (Phi) is 4.62. The molecule has 0 radical (unpaired) electrons. The van der Waals surface area contributed by atoms with Crippen LogP contribution in [0.5, 0.6) is 0 Å². The normalized spacial score (nSPS) is 10.9. The summed E-state index contributed by atoms with van der Waals surface area (Å²) in [5.74, 6) is -0.673. The number of hydrogen-bond acceptors (Lipinski definition) is 3. The first-order chi connectivity index (χ1) is 9.90. The van der Waals surface area contributed by atoms with Gasteiger partial charge >= 0.3 is 0 Å². The minimum atomic E-state index is -0.435. The number of H-pyrrole nitrogens is 1. The summed E-state index contributed by atoms with van der Waals surface area (Å²) in [6.45, 7) is 3.96. The fourth-order valence-corrected chi connectivity index (χ4v) is 2.32. The molecule has 1 aromatic carbocycles. The molecule has 0 bridgehead atoms. The van der Waals surface area contributed by atoms with E-state index in [-0.39, 0.29) is 24.0 Å². The smallest absolute Gasteiger partial charge is 0.274 e. The van der Waals surface area contributed by atoms with Crippen molar-refractivity contribution >= 4 is 27.5 Å². The molecule has 1 amide bonds. The number of halogens is 2. The van der Waals surface area contributed by atoms with Crippen LogP contribution >= 0.6 is 15.9 Å². The van der Waals surface area contributed by atoms with E-state index in [0.29, 0.717) is 16.9 Å². The maximum Gasteiger partial charge on any atom is 0.274 e. The van der Waals surface area contributed by atoms with Crippen LogP contribution in [0, 0.1) is 5.82 Å². The van der Waals surface area contributed by atoms with E-state index in [0.717, 1.165) is 4.47 Å². The Hall–Kier alpha value is -1.89. The molecule has 0 unspecified atom stereocenters. The minimum Gasteiger partial charge on any atom is -0.395 e. The molecule has 0 aliphatic rings. The maximum atomic E-state index is 13.6. The molecule has 5 nitrogen and oxygen atoms in total. The molecule has 0 fully saturated rings. The molecular weight excluding hydrogens is 339 g/mol. The summed E-state index contributed by atoms with van der Waals surface area (Å²) >= 11 is 3.26. The van der Waals surface area contributed by atoms with Gasteiger partial charge < -0.3 is 11.1 Å². The van der Waals surface area contributed by atoms with Crippen LogP contribution in [0.1, 0.15) is 41.5 Å². The molecule has 0 spiro atoms. The number of amides is 1. The van der Waals surface area contributed by atoms with E-state index in [1.165, 1.54) is 6.07 Å². The van der Waals surface area contributed by atoms with Crippen LogP contribution in [0.3, 0.4) is 0 Å². The quantitative estimate of drug-likeness (QED) is 0.789. The summed E-state index contributed by atoms with van der Waals surface area (Å²) in [5.41, 5.74) is 7.46. The van der Waals surface area contributed by atoms with E-state index in [9.17, 15) is 9.18 Å². The van der Waals surface area contributed by atoms with Crippen molar-refractivity contribution in [3.63, 3.8) is 0 Å². The molecule has 21 heavy (non-hydrogen) atoms. The van der Waals surface area contributed by atoms with Crippen molar-refractivity contribution in [2.45, 2.75) is 26.3 Å². The van der Waals surface area contributed by atoms with E-state index in [1.54, 1.807) is 12.1 Å². The van der Waals surface area contributed by atoms with Gasteiger partial charge in [-0.2, -0.15) is 5.10 Å². The molecule has 0 atom stereocenters. The molecule has 1 heterocycles. The van der Waals surface area contributed by atoms with Crippen LogP contribution in [0.4, 0.5) is 10.1 Å². The number of nitrogen functional groups attached to an aromatic ring is 1.